The van der Waals surface area contributed by atoms with E-state index < -0.39 is 4.92 Å². The largest absolute Gasteiger partial charge is 0.288 e. The van der Waals surface area contributed by atoms with E-state index in [2.05, 4.69) is 4.98 Å². The van der Waals surface area contributed by atoms with Gasteiger partial charge in [-0.2, -0.15) is 0 Å². The molecule has 0 aliphatic heterocycles. The van der Waals surface area contributed by atoms with Gasteiger partial charge in [-0.3, -0.25) is 10.1 Å². The number of hydrogen-bond acceptors (Lipinski definition) is 4. The summed E-state index contributed by atoms with van der Waals surface area (Å²) >= 11 is 7.34. The fourth-order valence-electron chi connectivity index (χ4n) is 1.82. The predicted molar refractivity (Wildman–Crippen MR) is 81.4 cm³/mol. The number of pyridine rings is 1. The molecule has 104 valence electrons. The molecule has 6 heteroatoms. The molecule has 1 heterocycles. The SMILES string of the molecule is Cc1cc(C)nc(SCc2ccc(Cl)c([N+](=O)[O-])c2)c1. The van der Waals surface area contributed by atoms with Gasteiger partial charge in [0.1, 0.15) is 5.02 Å². The highest BCUT2D eigenvalue weighted by atomic mass is 35.5. The number of thioether (sulfide) groups is 1. The number of rotatable bonds is 4. The Morgan fingerprint density at radius 1 is 1.30 bits per heavy atom. The minimum atomic E-state index is -0.467. The van der Waals surface area contributed by atoms with Gasteiger partial charge in [-0.25, -0.2) is 4.98 Å². The van der Waals surface area contributed by atoms with Crippen molar-refractivity contribution in [3.8, 4) is 0 Å². The van der Waals surface area contributed by atoms with Crippen molar-refractivity contribution in [1.29, 1.82) is 0 Å². The lowest BCUT2D eigenvalue weighted by Crippen LogP contribution is -1.92. The monoisotopic (exact) mass is 308 g/mol. The topological polar surface area (TPSA) is 56.0 Å². The molecule has 1 aromatic heterocycles. The molecule has 0 saturated carbocycles. The zero-order valence-electron chi connectivity index (χ0n) is 11.1. The van der Waals surface area contributed by atoms with E-state index in [1.807, 2.05) is 26.0 Å². The minimum Gasteiger partial charge on any atom is -0.258 e. The van der Waals surface area contributed by atoms with E-state index in [-0.39, 0.29) is 10.7 Å². The summed E-state index contributed by atoms with van der Waals surface area (Å²) in [5.41, 5.74) is 2.92. The highest BCUT2D eigenvalue weighted by molar-refractivity contribution is 7.98. The van der Waals surface area contributed by atoms with Crippen molar-refractivity contribution in [2.45, 2.75) is 24.6 Å². The van der Waals surface area contributed by atoms with Crippen molar-refractivity contribution in [3.05, 3.63) is 62.3 Å². The number of hydrogen-bond donors (Lipinski definition) is 0. The minimum absolute atomic E-state index is 0.0573. The summed E-state index contributed by atoms with van der Waals surface area (Å²) in [6.07, 6.45) is 0. The van der Waals surface area contributed by atoms with Crippen LogP contribution >= 0.6 is 23.4 Å². The van der Waals surface area contributed by atoms with Gasteiger partial charge in [0.15, 0.2) is 0 Å². The summed E-state index contributed by atoms with van der Waals surface area (Å²) in [7, 11) is 0. The number of nitro benzene ring substituents is 1. The molecule has 0 radical (unpaired) electrons. The van der Waals surface area contributed by atoms with Gasteiger partial charge in [-0.05, 0) is 43.2 Å². The van der Waals surface area contributed by atoms with E-state index in [9.17, 15) is 10.1 Å². The summed E-state index contributed by atoms with van der Waals surface area (Å²) < 4.78 is 0. The van der Waals surface area contributed by atoms with Crippen molar-refractivity contribution in [3.63, 3.8) is 0 Å². The Bertz CT molecular complexity index is 641. The average Bonchev–Trinajstić information content (AvgIpc) is 2.36. The van der Waals surface area contributed by atoms with E-state index in [1.165, 1.54) is 6.07 Å². The van der Waals surface area contributed by atoms with Crippen LogP contribution in [0.4, 0.5) is 5.69 Å². The second kappa shape index (κ2) is 6.24. The lowest BCUT2D eigenvalue weighted by Gasteiger charge is -2.05. The summed E-state index contributed by atoms with van der Waals surface area (Å²) in [6.45, 7) is 3.97. The zero-order valence-corrected chi connectivity index (χ0v) is 12.7. The number of benzene rings is 1. The second-order valence-electron chi connectivity index (χ2n) is 4.46. The lowest BCUT2D eigenvalue weighted by molar-refractivity contribution is -0.384. The first kappa shape index (κ1) is 14.8. The highest BCUT2D eigenvalue weighted by Gasteiger charge is 2.12. The molecule has 2 rings (SSSR count). The van der Waals surface area contributed by atoms with Gasteiger partial charge in [0.2, 0.25) is 0 Å². The van der Waals surface area contributed by atoms with Crippen molar-refractivity contribution in [2.24, 2.45) is 0 Å². The summed E-state index contributed by atoms with van der Waals surface area (Å²) in [5, 5.41) is 11.9. The van der Waals surface area contributed by atoms with Gasteiger partial charge in [0, 0.05) is 17.5 Å². The smallest absolute Gasteiger partial charge is 0.258 e. The maximum absolute atomic E-state index is 10.8. The van der Waals surface area contributed by atoms with Gasteiger partial charge in [0.05, 0.1) is 9.95 Å². The van der Waals surface area contributed by atoms with Crippen LogP contribution in [-0.4, -0.2) is 9.91 Å². The molecule has 0 saturated heterocycles. The average molecular weight is 309 g/mol. The van der Waals surface area contributed by atoms with Crippen LogP contribution in [-0.2, 0) is 5.75 Å². The van der Waals surface area contributed by atoms with Crippen molar-refractivity contribution in [2.75, 3.05) is 0 Å². The Kier molecular flexibility index (Phi) is 4.62. The first-order valence-electron chi connectivity index (χ1n) is 5.96. The van der Waals surface area contributed by atoms with Gasteiger partial charge in [-0.15, -0.1) is 11.8 Å². The zero-order chi connectivity index (χ0) is 14.7. The molecule has 0 unspecified atom stereocenters. The molecule has 2 aromatic rings. The Morgan fingerprint density at radius 3 is 2.70 bits per heavy atom. The van der Waals surface area contributed by atoms with Crippen LogP contribution in [0.2, 0.25) is 5.02 Å². The fourth-order valence-corrected chi connectivity index (χ4v) is 2.98. The number of aromatic nitrogens is 1. The van der Waals surface area contributed by atoms with Crippen molar-refractivity contribution in [1.82, 2.24) is 4.98 Å². The van der Waals surface area contributed by atoms with Crippen LogP contribution in [0, 0.1) is 24.0 Å². The van der Waals surface area contributed by atoms with E-state index >= 15 is 0 Å². The summed E-state index contributed by atoms with van der Waals surface area (Å²) in [6, 6.07) is 8.88. The van der Waals surface area contributed by atoms with E-state index in [0.717, 1.165) is 21.8 Å². The highest BCUT2D eigenvalue weighted by Crippen LogP contribution is 2.28. The third kappa shape index (κ3) is 3.71. The summed E-state index contributed by atoms with van der Waals surface area (Å²) in [5.74, 6) is 0.619. The quantitative estimate of drug-likeness (QED) is 0.472. The normalized spacial score (nSPS) is 10.6. The molecule has 0 fully saturated rings. The molecule has 0 spiro atoms. The molecule has 0 bridgehead atoms. The van der Waals surface area contributed by atoms with Crippen molar-refractivity contribution >= 4 is 29.1 Å². The first-order valence-corrected chi connectivity index (χ1v) is 7.33. The molecule has 4 nitrogen and oxygen atoms in total. The van der Waals surface area contributed by atoms with Crippen LogP contribution < -0.4 is 0 Å². The van der Waals surface area contributed by atoms with Crippen LogP contribution in [0.15, 0.2) is 35.4 Å². The Hall–Kier alpha value is -1.59. The molecule has 1 aromatic carbocycles. The Labute approximate surface area is 126 Å². The predicted octanol–water partition coefficient (Wildman–Crippen LogP) is 4.55. The van der Waals surface area contributed by atoms with Gasteiger partial charge in [-0.1, -0.05) is 17.7 Å². The number of nitro groups is 1. The van der Waals surface area contributed by atoms with Crippen molar-refractivity contribution < 1.29 is 4.92 Å². The van der Waals surface area contributed by atoms with Crippen LogP contribution in [0.25, 0.3) is 0 Å². The van der Waals surface area contributed by atoms with Gasteiger partial charge < -0.3 is 0 Å². The third-order valence-corrected chi connectivity index (χ3v) is 3.97. The van der Waals surface area contributed by atoms with E-state index in [0.29, 0.717) is 5.75 Å². The molecule has 0 amide bonds. The second-order valence-corrected chi connectivity index (χ2v) is 5.86. The summed E-state index contributed by atoms with van der Waals surface area (Å²) in [4.78, 5) is 14.8. The molecule has 0 N–H and O–H groups in total. The number of halogens is 1. The standard InChI is InChI=1S/C14H13ClN2O2S/c1-9-5-10(2)16-14(6-9)20-8-11-3-4-12(15)13(7-11)17(18)19/h3-7H,8H2,1-2H3. The number of aryl methyl sites for hydroxylation is 2. The fraction of sp³-hybridized carbons (Fsp3) is 0.214. The lowest BCUT2D eigenvalue weighted by atomic mass is 10.2. The molecule has 0 aliphatic rings. The van der Waals surface area contributed by atoms with Crippen LogP contribution in [0.3, 0.4) is 0 Å². The van der Waals surface area contributed by atoms with Crippen LogP contribution in [0.5, 0.6) is 0 Å². The maximum Gasteiger partial charge on any atom is 0.288 e. The maximum atomic E-state index is 10.8. The molecule has 20 heavy (non-hydrogen) atoms. The molecular formula is C14H13ClN2O2S. The van der Waals surface area contributed by atoms with E-state index in [1.54, 1.807) is 23.9 Å². The van der Waals surface area contributed by atoms with Crippen LogP contribution in [0.1, 0.15) is 16.8 Å². The molecule has 0 atom stereocenters. The third-order valence-electron chi connectivity index (χ3n) is 2.67. The van der Waals surface area contributed by atoms with E-state index in [4.69, 9.17) is 11.6 Å². The molecule has 0 aliphatic carbocycles. The first-order chi connectivity index (χ1) is 9.45. The Morgan fingerprint density at radius 2 is 2.05 bits per heavy atom. The van der Waals surface area contributed by atoms with Gasteiger partial charge in [0.25, 0.3) is 5.69 Å². The molecular weight excluding hydrogens is 296 g/mol. The number of nitrogens with zero attached hydrogens (tertiary/aromatic N) is 2. The Balaban J connectivity index is 2.14. The van der Waals surface area contributed by atoms with Gasteiger partial charge >= 0.3 is 0 Å².